The molecule has 0 spiro atoms. The molecule has 0 aromatic carbocycles. The van der Waals surface area contributed by atoms with E-state index in [0.717, 1.165) is 55.0 Å². The average Bonchev–Trinajstić information content (AvgIpc) is 3.25. The molecule has 5 saturated carbocycles. The van der Waals surface area contributed by atoms with Crippen molar-refractivity contribution in [2.24, 2.45) is 23.2 Å². The first-order valence-corrected chi connectivity index (χ1v) is 10.00. The Morgan fingerprint density at radius 3 is 2.35 bits per heavy atom. The Hall–Kier alpha value is -0.910. The lowest BCUT2D eigenvalue weighted by Gasteiger charge is -2.56. The van der Waals surface area contributed by atoms with E-state index < -0.39 is 0 Å². The predicted molar refractivity (Wildman–Crippen MR) is 87.0 cm³/mol. The number of hydrogen-bond acceptors (Lipinski definition) is 5. The maximum atomic E-state index is 13.3. The molecule has 1 aromatic rings. The van der Waals surface area contributed by atoms with Crippen molar-refractivity contribution in [2.45, 2.75) is 74.7 Å². The largest absolute Gasteiger partial charge is 0.298 e. The van der Waals surface area contributed by atoms with E-state index >= 15 is 0 Å². The summed E-state index contributed by atoms with van der Waals surface area (Å²) in [6.45, 7) is 2.07. The standard InChI is InChI=1S/C17H24N4OS/c1-10(23-16-18-19-20-21(16)14-2-3-14)15(22)17-7-11-4-12(8-17)6-13(5-11)9-17/h10-14H,2-9H2,1H3/t10-,11?,12?,13?,17?/m0/s1. The second-order valence-corrected chi connectivity index (χ2v) is 9.77. The molecule has 6 heteroatoms. The van der Waals surface area contributed by atoms with E-state index in [1.807, 2.05) is 4.68 Å². The van der Waals surface area contributed by atoms with Gasteiger partial charge in [0.15, 0.2) is 5.78 Å². The highest BCUT2D eigenvalue weighted by molar-refractivity contribution is 8.00. The molecule has 0 aliphatic heterocycles. The van der Waals surface area contributed by atoms with Crippen LogP contribution in [0.15, 0.2) is 5.16 Å². The molecule has 0 N–H and O–H groups in total. The van der Waals surface area contributed by atoms with Gasteiger partial charge in [0.05, 0.1) is 11.3 Å². The number of carbonyl (C=O) groups is 1. The maximum absolute atomic E-state index is 13.3. The first-order chi connectivity index (χ1) is 11.1. The van der Waals surface area contributed by atoms with E-state index in [9.17, 15) is 4.79 Å². The molecule has 23 heavy (non-hydrogen) atoms. The van der Waals surface area contributed by atoms with Crippen molar-refractivity contribution in [1.82, 2.24) is 20.2 Å². The highest BCUT2D eigenvalue weighted by Gasteiger charge is 2.55. The highest BCUT2D eigenvalue weighted by Crippen LogP contribution is 2.61. The molecule has 124 valence electrons. The summed E-state index contributed by atoms with van der Waals surface area (Å²) in [5, 5.41) is 12.9. The molecule has 5 aliphatic carbocycles. The Bertz CT molecular complexity index is 603. The molecule has 1 heterocycles. The molecule has 0 saturated heterocycles. The van der Waals surface area contributed by atoms with E-state index in [2.05, 4.69) is 22.4 Å². The molecule has 5 fully saturated rings. The molecule has 1 aromatic heterocycles. The molecule has 5 aliphatic rings. The minimum Gasteiger partial charge on any atom is -0.298 e. The summed E-state index contributed by atoms with van der Waals surface area (Å²) in [6, 6.07) is 0.467. The normalized spacial score (nSPS) is 39.6. The molecular weight excluding hydrogens is 308 g/mol. The quantitative estimate of drug-likeness (QED) is 0.775. The van der Waals surface area contributed by atoms with Crippen LogP contribution in [-0.4, -0.2) is 31.2 Å². The summed E-state index contributed by atoms with van der Waals surface area (Å²) in [4.78, 5) is 13.3. The van der Waals surface area contributed by atoms with Crippen molar-refractivity contribution in [3.05, 3.63) is 0 Å². The number of rotatable bonds is 5. The molecule has 1 atom stereocenters. The molecule has 5 nitrogen and oxygen atoms in total. The number of ketones is 1. The van der Waals surface area contributed by atoms with Gasteiger partial charge in [-0.15, -0.1) is 5.10 Å². The summed E-state index contributed by atoms with van der Waals surface area (Å²) in [5.41, 5.74) is -0.0149. The maximum Gasteiger partial charge on any atom is 0.210 e. The Morgan fingerprint density at radius 2 is 1.78 bits per heavy atom. The molecule has 0 unspecified atom stereocenters. The molecule has 4 bridgehead atoms. The van der Waals surface area contributed by atoms with Gasteiger partial charge in [0, 0.05) is 5.41 Å². The third kappa shape index (κ3) is 2.36. The lowest BCUT2D eigenvalue weighted by atomic mass is 9.48. The van der Waals surface area contributed by atoms with Crippen LogP contribution in [0.4, 0.5) is 0 Å². The Labute approximate surface area is 141 Å². The zero-order chi connectivity index (χ0) is 15.6. The number of nitrogens with zero attached hydrogens (tertiary/aromatic N) is 4. The zero-order valence-electron chi connectivity index (χ0n) is 13.6. The summed E-state index contributed by atoms with van der Waals surface area (Å²) in [5.74, 6) is 2.93. The van der Waals surface area contributed by atoms with Crippen LogP contribution in [0.2, 0.25) is 0 Å². The van der Waals surface area contributed by atoms with Gasteiger partial charge >= 0.3 is 0 Å². The number of thioether (sulfide) groups is 1. The fraction of sp³-hybridized carbons (Fsp3) is 0.882. The Kier molecular flexibility index (Phi) is 3.16. The van der Waals surface area contributed by atoms with Gasteiger partial charge in [-0.1, -0.05) is 11.8 Å². The van der Waals surface area contributed by atoms with Gasteiger partial charge in [0.1, 0.15) is 0 Å². The van der Waals surface area contributed by atoms with Gasteiger partial charge in [-0.3, -0.25) is 4.79 Å². The van der Waals surface area contributed by atoms with E-state index in [1.54, 1.807) is 11.8 Å². The Balaban J connectivity index is 1.34. The monoisotopic (exact) mass is 332 g/mol. The minimum absolute atomic E-state index is 0.0149. The number of tetrazole rings is 1. The van der Waals surface area contributed by atoms with E-state index in [-0.39, 0.29) is 10.7 Å². The summed E-state index contributed by atoms with van der Waals surface area (Å²) in [7, 11) is 0. The average molecular weight is 332 g/mol. The van der Waals surface area contributed by atoms with Crippen molar-refractivity contribution < 1.29 is 4.79 Å². The van der Waals surface area contributed by atoms with Crippen molar-refractivity contribution in [3.63, 3.8) is 0 Å². The molecule has 0 radical (unpaired) electrons. The van der Waals surface area contributed by atoms with Crippen LogP contribution >= 0.6 is 11.8 Å². The van der Waals surface area contributed by atoms with Gasteiger partial charge in [0.25, 0.3) is 0 Å². The number of carbonyl (C=O) groups excluding carboxylic acids is 1. The first-order valence-electron chi connectivity index (χ1n) is 9.12. The topological polar surface area (TPSA) is 60.7 Å². The third-order valence-electron chi connectivity index (χ3n) is 6.57. The van der Waals surface area contributed by atoms with Gasteiger partial charge < -0.3 is 0 Å². The van der Waals surface area contributed by atoms with Crippen LogP contribution in [0.1, 0.15) is 64.3 Å². The van der Waals surface area contributed by atoms with Crippen LogP contribution in [0.5, 0.6) is 0 Å². The van der Waals surface area contributed by atoms with Gasteiger partial charge in [-0.2, -0.15) is 0 Å². The predicted octanol–water partition coefficient (Wildman–Crippen LogP) is 3.27. The summed E-state index contributed by atoms with van der Waals surface area (Å²) in [6.07, 6.45) is 9.92. The van der Waals surface area contributed by atoms with Crippen LogP contribution < -0.4 is 0 Å². The van der Waals surface area contributed by atoms with E-state index in [1.165, 1.54) is 19.3 Å². The smallest absolute Gasteiger partial charge is 0.210 e. The fourth-order valence-electron chi connectivity index (χ4n) is 5.87. The lowest BCUT2D eigenvalue weighted by molar-refractivity contribution is -0.142. The highest BCUT2D eigenvalue weighted by atomic mass is 32.2. The van der Waals surface area contributed by atoms with Gasteiger partial charge in [0.2, 0.25) is 5.16 Å². The number of Topliss-reactive ketones (excluding diaryl/α,β-unsaturated/α-hetero) is 1. The van der Waals surface area contributed by atoms with Crippen LogP contribution in [-0.2, 0) is 4.79 Å². The SMILES string of the molecule is C[C@H](Sc1nnnn1C1CC1)C(=O)C12CC3CC(CC(C3)C1)C2. The number of aromatic nitrogens is 4. The van der Waals surface area contributed by atoms with E-state index in [4.69, 9.17) is 0 Å². The van der Waals surface area contributed by atoms with Crippen LogP contribution in [0, 0.1) is 23.2 Å². The van der Waals surface area contributed by atoms with Crippen LogP contribution in [0.25, 0.3) is 0 Å². The second kappa shape index (κ2) is 5.04. The third-order valence-corrected chi connectivity index (χ3v) is 7.61. The van der Waals surface area contributed by atoms with Gasteiger partial charge in [-0.25, -0.2) is 4.68 Å². The van der Waals surface area contributed by atoms with Crippen molar-refractivity contribution in [2.75, 3.05) is 0 Å². The van der Waals surface area contributed by atoms with Crippen molar-refractivity contribution in [1.29, 1.82) is 0 Å². The van der Waals surface area contributed by atoms with Crippen LogP contribution in [0.3, 0.4) is 0 Å². The molecular formula is C17H24N4OS. The lowest BCUT2D eigenvalue weighted by Crippen LogP contribution is -2.51. The van der Waals surface area contributed by atoms with Crippen molar-refractivity contribution in [3.8, 4) is 0 Å². The second-order valence-electron chi connectivity index (χ2n) is 8.46. The summed E-state index contributed by atoms with van der Waals surface area (Å²) < 4.78 is 1.92. The van der Waals surface area contributed by atoms with E-state index in [0.29, 0.717) is 11.8 Å². The Morgan fingerprint density at radius 1 is 1.17 bits per heavy atom. The van der Waals surface area contributed by atoms with Gasteiger partial charge in [-0.05, 0) is 86.5 Å². The minimum atomic E-state index is -0.0326. The molecule has 0 amide bonds. The first kappa shape index (κ1) is 14.4. The molecule has 6 rings (SSSR count). The number of hydrogen-bond donors (Lipinski definition) is 0. The zero-order valence-corrected chi connectivity index (χ0v) is 14.5. The fourth-order valence-corrected chi connectivity index (χ4v) is 6.92. The van der Waals surface area contributed by atoms with Crippen molar-refractivity contribution >= 4 is 17.5 Å². The summed E-state index contributed by atoms with van der Waals surface area (Å²) >= 11 is 1.58.